The van der Waals surface area contributed by atoms with Crippen LogP contribution in [0.15, 0.2) is 45.6 Å². The summed E-state index contributed by atoms with van der Waals surface area (Å²) >= 11 is 1.69. The number of aromatic nitrogens is 1. The summed E-state index contributed by atoms with van der Waals surface area (Å²) in [6, 6.07) is 11.1. The van der Waals surface area contributed by atoms with E-state index < -0.39 is 0 Å². The normalized spacial score (nSPS) is 24.8. The van der Waals surface area contributed by atoms with Crippen LogP contribution in [0.25, 0.3) is 11.0 Å². The van der Waals surface area contributed by atoms with Crippen molar-refractivity contribution in [1.29, 1.82) is 0 Å². The van der Waals surface area contributed by atoms with Crippen LogP contribution < -0.4 is 0 Å². The molecule has 0 spiro atoms. The highest BCUT2D eigenvalue weighted by Crippen LogP contribution is 2.31. The molecule has 3 saturated heterocycles. The number of hydrogen-bond acceptors (Lipinski definition) is 5. The van der Waals surface area contributed by atoms with E-state index in [0.717, 1.165) is 36.9 Å². The maximum absolute atomic E-state index is 6.07. The van der Waals surface area contributed by atoms with Crippen LogP contribution in [0.1, 0.15) is 24.3 Å². The number of hydrogen-bond donors (Lipinski definition) is 0. The molecule has 6 rings (SSSR count). The van der Waals surface area contributed by atoms with Gasteiger partial charge in [0.1, 0.15) is 11.3 Å². The van der Waals surface area contributed by atoms with Gasteiger partial charge in [0.15, 0.2) is 0 Å². The Hall–Kier alpha value is -1.69. The molecule has 3 aromatic rings. The molecule has 0 N–H and O–H groups in total. The largest absolute Gasteiger partial charge is 0.460 e. The molecule has 2 atom stereocenters. The van der Waals surface area contributed by atoms with Crippen LogP contribution in [-0.2, 0) is 13.1 Å². The van der Waals surface area contributed by atoms with Gasteiger partial charge in [0, 0.05) is 43.0 Å². The van der Waals surface area contributed by atoms with Crippen molar-refractivity contribution in [2.24, 2.45) is 5.92 Å². The van der Waals surface area contributed by atoms with Crippen LogP contribution in [0.4, 0.5) is 0 Å². The molecule has 3 fully saturated rings. The van der Waals surface area contributed by atoms with Gasteiger partial charge >= 0.3 is 0 Å². The summed E-state index contributed by atoms with van der Waals surface area (Å²) < 4.78 is 6.07. The Morgan fingerprint density at radius 1 is 1.12 bits per heavy atom. The molecule has 2 aromatic heterocycles. The Morgan fingerprint density at radius 2 is 2.08 bits per heavy atom. The van der Waals surface area contributed by atoms with Gasteiger partial charge in [-0.1, -0.05) is 18.2 Å². The first-order valence-corrected chi connectivity index (χ1v) is 10.1. The number of fused-ring (bicyclic) bond motifs is 5. The Morgan fingerprint density at radius 3 is 2.96 bits per heavy atom. The second kappa shape index (κ2) is 6.56. The fourth-order valence-electron chi connectivity index (χ4n) is 4.46. The Labute approximate surface area is 152 Å². The number of rotatable bonds is 4. The van der Waals surface area contributed by atoms with E-state index in [2.05, 4.69) is 44.4 Å². The fraction of sp³-hybridized carbons (Fsp3) is 0.450. The van der Waals surface area contributed by atoms with Gasteiger partial charge in [0.2, 0.25) is 0 Å². The molecule has 1 aromatic carbocycles. The summed E-state index contributed by atoms with van der Waals surface area (Å²) in [5.74, 6) is 1.86. The Kier molecular flexibility index (Phi) is 4.08. The lowest BCUT2D eigenvalue weighted by atomic mass is 9.95. The smallest absolute Gasteiger partial charge is 0.134 e. The quantitative estimate of drug-likeness (QED) is 0.710. The number of furan rings is 1. The van der Waals surface area contributed by atoms with E-state index in [0.29, 0.717) is 6.04 Å². The van der Waals surface area contributed by atoms with E-state index in [1.165, 1.54) is 37.0 Å². The molecule has 0 aliphatic carbocycles. The average Bonchev–Trinajstić information content (AvgIpc) is 3.18. The maximum atomic E-state index is 6.07. The van der Waals surface area contributed by atoms with Crippen molar-refractivity contribution in [2.75, 3.05) is 19.6 Å². The summed E-state index contributed by atoms with van der Waals surface area (Å²) in [6.07, 6.45) is 2.66. The molecule has 0 amide bonds. The van der Waals surface area contributed by atoms with Gasteiger partial charge in [0.25, 0.3) is 0 Å². The van der Waals surface area contributed by atoms with Crippen LogP contribution in [0.2, 0.25) is 0 Å². The lowest BCUT2D eigenvalue weighted by molar-refractivity contribution is 0.115. The third kappa shape index (κ3) is 3.24. The van der Waals surface area contributed by atoms with Crippen LogP contribution >= 0.6 is 11.3 Å². The van der Waals surface area contributed by atoms with E-state index in [-0.39, 0.29) is 0 Å². The van der Waals surface area contributed by atoms with Gasteiger partial charge in [-0.25, -0.2) is 4.98 Å². The summed E-state index contributed by atoms with van der Waals surface area (Å²) in [5, 5.41) is 3.39. The molecular formula is C20H23N3OS. The van der Waals surface area contributed by atoms with E-state index in [9.17, 15) is 0 Å². The molecule has 0 saturated carbocycles. The molecule has 3 aliphatic heterocycles. The molecule has 5 heterocycles. The fourth-order valence-corrected chi connectivity index (χ4v) is 5.01. The predicted molar refractivity (Wildman–Crippen MR) is 101 cm³/mol. The third-order valence-corrected chi connectivity index (χ3v) is 6.24. The van der Waals surface area contributed by atoms with Gasteiger partial charge < -0.3 is 4.42 Å². The van der Waals surface area contributed by atoms with Gasteiger partial charge in [-0.3, -0.25) is 9.80 Å². The zero-order valence-electron chi connectivity index (χ0n) is 14.3. The second-order valence-corrected chi connectivity index (χ2v) is 8.17. The van der Waals surface area contributed by atoms with Crippen LogP contribution in [-0.4, -0.2) is 40.5 Å². The SMILES string of the molecule is c1ccc2oc(CN3C[C@@H]4CC[C@H]3CN(Cc3cscn3)C4)cc2c1. The van der Waals surface area contributed by atoms with Crippen molar-refractivity contribution < 1.29 is 4.42 Å². The van der Waals surface area contributed by atoms with Crippen molar-refractivity contribution in [2.45, 2.75) is 32.0 Å². The highest BCUT2D eigenvalue weighted by atomic mass is 32.1. The Balaban J connectivity index is 1.31. The van der Waals surface area contributed by atoms with Crippen LogP contribution in [0.5, 0.6) is 0 Å². The van der Waals surface area contributed by atoms with E-state index in [1.807, 2.05) is 11.6 Å². The van der Waals surface area contributed by atoms with Gasteiger partial charge in [-0.05, 0) is 30.9 Å². The van der Waals surface area contributed by atoms with Gasteiger partial charge in [0.05, 0.1) is 17.7 Å². The van der Waals surface area contributed by atoms with Crippen molar-refractivity contribution in [3.63, 3.8) is 0 Å². The lowest BCUT2D eigenvalue weighted by Crippen LogP contribution is -2.43. The molecule has 3 aliphatic rings. The number of benzene rings is 1. The van der Waals surface area contributed by atoms with Crippen molar-refractivity contribution in [1.82, 2.24) is 14.8 Å². The molecule has 4 nitrogen and oxygen atoms in total. The third-order valence-electron chi connectivity index (χ3n) is 5.61. The first-order valence-electron chi connectivity index (χ1n) is 9.14. The number of thiazole rings is 1. The molecular weight excluding hydrogens is 330 g/mol. The molecule has 0 radical (unpaired) electrons. The number of nitrogens with zero attached hydrogens (tertiary/aromatic N) is 3. The lowest BCUT2D eigenvalue weighted by Gasteiger charge is -2.35. The molecule has 130 valence electrons. The summed E-state index contributed by atoms with van der Waals surface area (Å²) in [5.41, 5.74) is 4.16. The minimum absolute atomic E-state index is 0.630. The molecule has 0 unspecified atom stereocenters. The molecule has 2 bridgehead atoms. The van der Waals surface area contributed by atoms with E-state index >= 15 is 0 Å². The average molecular weight is 353 g/mol. The topological polar surface area (TPSA) is 32.5 Å². The minimum atomic E-state index is 0.630. The van der Waals surface area contributed by atoms with E-state index in [4.69, 9.17) is 4.42 Å². The van der Waals surface area contributed by atoms with Gasteiger partial charge in [-0.2, -0.15) is 0 Å². The molecule has 5 heteroatoms. The first-order chi connectivity index (χ1) is 12.3. The second-order valence-electron chi connectivity index (χ2n) is 7.45. The Bertz CT molecular complexity index is 811. The zero-order chi connectivity index (χ0) is 16.6. The van der Waals surface area contributed by atoms with Crippen LogP contribution in [0, 0.1) is 5.92 Å². The summed E-state index contributed by atoms with van der Waals surface area (Å²) in [6.45, 7) is 5.46. The number of piperidine rings is 1. The zero-order valence-corrected chi connectivity index (χ0v) is 15.1. The summed E-state index contributed by atoms with van der Waals surface area (Å²) in [7, 11) is 0. The predicted octanol–water partition coefficient (Wildman–Crippen LogP) is 3.99. The van der Waals surface area contributed by atoms with Gasteiger partial charge in [-0.15, -0.1) is 11.3 Å². The van der Waals surface area contributed by atoms with Crippen LogP contribution in [0.3, 0.4) is 0 Å². The first kappa shape index (κ1) is 15.6. The molecule has 25 heavy (non-hydrogen) atoms. The van der Waals surface area contributed by atoms with Crippen molar-refractivity contribution >= 4 is 22.3 Å². The van der Waals surface area contributed by atoms with Crippen molar-refractivity contribution in [3.05, 3.63) is 52.7 Å². The standard InChI is InChI=1S/C20H23N3OS/c1-2-4-20-16(3-1)7-19(24-20)12-23-9-15-5-6-18(23)11-22(8-15)10-17-13-25-14-21-17/h1-4,7,13-15,18H,5-6,8-12H2/t15-,18+/m1/s1. The highest BCUT2D eigenvalue weighted by molar-refractivity contribution is 7.07. The maximum Gasteiger partial charge on any atom is 0.134 e. The highest BCUT2D eigenvalue weighted by Gasteiger charge is 2.35. The van der Waals surface area contributed by atoms with Crippen molar-refractivity contribution in [3.8, 4) is 0 Å². The monoisotopic (exact) mass is 353 g/mol. The minimum Gasteiger partial charge on any atom is -0.460 e. The number of para-hydroxylation sites is 1. The summed E-state index contributed by atoms with van der Waals surface area (Å²) in [4.78, 5) is 9.72. The van der Waals surface area contributed by atoms with E-state index in [1.54, 1.807) is 11.3 Å².